The summed E-state index contributed by atoms with van der Waals surface area (Å²) in [4.78, 5) is 24.4. The highest BCUT2D eigenvalue weighted by Crippen LogP contribution is 2.22. The minimum Gasteiger partial charge on any atom is -0.394 e. The normalized spacial score (nSPS) is 20.9. The fraction of sp³-hybridized carbons (Fsp3) is 0.364. The van der Waals surface area contributed by atoms with Crippen molar-refractivity contribution in [2.45, 2.75) is 44.1 Å². The van der Waals surface area contributed by atoms with E-state index in [0.29, 0.717) is 19.4 Å². The first-order chi connectivity index (χ1) is 14.5. The van der Waals surface area contributed by atoms with Crippen molar-refractivity contribution in [1.29, 1.82) is 0 Å². The molecule has 0 saturated carbocycles. The van der Waals surface area contributed by atoms with E-state index in [1.807, 2.05) is 30.3 Å². The number of aliphatic hydroxyl groups excluding tert-OH is 1. The third kappa shape index (κ3) is 6.27. The van der Waals surface area contributed by atoms with Crippen LogP contribution in [0.5, 0.6) is 0 Å². The molecule has 0 bridgehead atoms. The number of para-hydroxylation sites is 1. The second-order valence-corrected chi connectivity index (χ2v) is 7.21. The highest BCUT2D eigenvalue weighted by atomic mass is 19.1. The molecule has 0 aromatic heterocycles. The molecule has 0 aliphatic carbocycles. The molecule has 30 heavy (non-hydrogen) atoms. The van der Waals surface area contributed by atoms with Crippen molar-refractivity contribution in [1.82, 2.24) is 10.6 Å². The van der Waals surface area contributed by atoms with Crippen molar-refractivity contribution in [3.63, 3.8) is 0 Å². The summed E-state index contributed by atoms with van der Waals surface area (Å²) in [5.74, 6) is -0.669. The maximum absolute atomic E-state index is 13.7. The number of nitrogens with one attached hydrogen (secondary N) is 3. The van der Waals surface area contributed by atoms with Gasteiger partial charge in [-0.3, -0.25) is 4.79 Å². The number of carbonyl (C=O) groups excluding carboxylic acids is 2. The number of aliphatic hydroxyl groups is 1. The molecule has 2 aromatic rings. The molecule has 1 saturated heterocycles. The van der Waals surface area contributed by atoms with Crippen molar-refractivity contribution < 1.29 is 23.8 Å². The number of anilines is 1. The zero-order valence-corrected chi connectivity index (χ0v) is 16.5. The zero-order chi connectivity index (χ0) is 21.3. The molecule has 1 aliphatic heterocycles. The van der Waals surface area contributed by atoms with Crippen LogP contribution in [0.25, 0.3) is 0 Å². The minimum absolute atomic E-state index is 0.0697. The Bertz CT molecular complexity index is 849. The van der Waals surface area contributed by atoms with Gasteiger partial charge in [-0.1, -0.05) is 42.5 Å². The molecule has 7 nitrogen and oxygen atoms in total. The number of ether oxygens (including phenoxy) is 1. The van der Waals surface area contributed by atoms with Crippen LogP contribution in [0.15, 0.2) is 54.6 Å². The number of amides is 3. The zero-order valence-electron chi connectivity index (χ0n) is 16.5. The predicted octanol–water partition coefficient (Wildman–Crippen LogP) is 2.56. The van der Waals surface area contributed by atoms with Gasteiger partial charge in [-0.05, 0) is 30.5 Å². The van der Waals surface area contributed by atoms with E-state index in [-0.39, 0.29) is 30.7 Å². The van der Waals surface area contributed by atoms with Gasteiger partial charge in [0.15, 0.2) is 0 Å². The van der Waals surface area contributed by atoms with Crippen LogP contribution in [0.1, 0.15) is 24.8 Å². The molecule has 1 aliphatic rings. The quantitative estimate of drug-likeness (QED) is 0.558. The molecule has 2 aromatic carbocycles. The molecular weight excluding hydrogens is 389 g/mol. The molecule has 3 atom stereocenters. The van der Waals surface area contributed by atoms with Gasteiger partial charge in [0, 0.05) is 6.54 Å². The Morgan fingerprint density at radius 1 is 1.07 bits per heavy atom. The number of rotatable bonds is 7. The standard InChI is InChI=1S/C22H26FN3O4/c23-17-8-4-5-9-18(17)25-22(29)26-19-11-10-16(30-20(19)14-27)12-21(28)24-13-15-6-2-1-3-7-15/h1-9,16,19-20,27H,10-14H2,(H,24,28)(H2,25,26,29)/t16-,19-,20+/m0/s1. The lowest BCUT2D eigenvalue weighted by Gasteiger charge is -2.35. The number of benzene rings is 2. The highest BCUT2D eigenvalue weighted by molar-refractivity contribution is 5.89. The lowest BCUT2D eigenvalue weighted by Crippen LogP contribution is -2.52. The van der Waals surface area contributed by atoms with Crippen LogP contribution in [-0.2, 0) is 16.1 Å². The lowest BCUT2D eigenvalue weighted by atomic mass is 9.97. The van der Waals surface area contributed by atoms with E-state index in [0.717, 1.165) is 5.56 Å². The summed E-state index contributed by atoms with van der Waals surface area (Å²) in [6.45, 7) is 0.142. The molecule has 4 N–H and O–H groups in total. The SMILES string of the molecule is O=C(C[C@@H]1CC[C@H](NC(=O)Nc2ccccc2F)[C@@H](CO)O1)NCc1ccccc1. The van der Waals surface area contributed by atoms with E-state index in [1.165, 1.54) is 18.2 Å². The Morgan fingerprint density at radius 3 is 2.53 bits per heavy atom. The van der Waals surface area contributed by atoms with Crippen LogP contribution in [0.4, 0.5) is 14.9 Å². The number of halogens is 1. The molecule has 0 spiro atoms. The van der Waals surface area contributed by atoms with Gasteiger partial charge in [-0.15, -0.1) is 0 Å². The fourth-order valence-electron chi connectivity index (χ4n) is 3.41. The third-order valence-electron chi connectivity index (χ3n) is 4.98. The summed E-state index contributed by atoms with van der Waals surface area (Å²) in [6, 6.07) is 14.4. The van der Waals surface area contributed by atoms with E-state index < -0.39 is 24.0 Å². The molecular formula is C22H26FN3O4. The molecule has 1 heterocycles. The smallest absolute Gasteiger partial charge is 0.319 e. The van der Waals surface area contributed by atoms with Crippen LogP contribution in [0, 0.1) is 5.82 Å². The summed E-state index contributed by atoms with van der Waals surface area (Å²) in [5.41, 5.74) is 1.08. The van der Waals surface area contributed by atoms with E-state index in [2.05, 4.69) is 16.0 Å². The summed E-state index contributed by atoms with van der Waals surface area (Å²) in [5, 5.41) is 17.7. The van der Waals surface area contributed by atoms with Crippen molar-refractivity contribution in [3.05, 3.63) is 66.0 Å². The molecule has 8 heteroatoms. The highest BCUT2D eigenvalue weighted by Gasteiger charge is 2.33. The van der Waals surface area contributed by atoms with Crippen LogP contribution in [0.3, 0.4) is 0 Å². The Kier molecular flexibility index (Phi) is 7.75. The summed E-state index contributed by atoms with van der Waals surface area (Å²) in [7, 11) is 0. The van der Waals surface area contributed by atoms with E-state index >= 15 is 0 Å². The molecule has 160 valence electrons. The van der Waals surface area contributed by atoms with Crippen LogP contribution in [-0.4, -0.2) is 41.9 Å². The average molecular weight is 415 g/mol. The number of hydrogen-bond donors (Lipinski definition) is 4. The molecule has 1 fully saturated rings. The van der Waals surface area contributed by atoms with E-state index in [1.54, 1.807) is 6.07 Å². The monoisotopic (exact) mass is 415 g/mol. The fourth-order valence-corrected chi connectivity index (χ4v) is 3.41. The van der Waals surface area contributed by atoms with Gasteiger partial charge in [0.25, 0.3) is 0 Å². The maximum atomic E-state index is 13.7. The Morgan fingerprint density at radius 2 is 1.80 bits per heavy atom. The maximum Gasteiger partial charge on any atom is 0.319 e. The van der Waals surface area contributed by atoms with E-state index in [4.69, 9.17) is 4.74 Å². The van der Waals surface area contributed by atoms with Crippen molar-refractivity contribution in [3.8, 4) is 0 Å². The summed E-state index contributed by atoms with van der Waals surface area (Å²) < 4.78 is 19.5. The van der Waals surface area contributed by atoms with Gasteiger partial charge in [-0.2, -0.15) is 0 Å². The molecule has 3 amide bonds. The van der Waals surface area contributed by atoms with Crippen molar-refractivity contribution in [2.75, 3.05) is 11.9 Å². The number of hydrogen-bond acceptors (Lipinski definition) is 4. The average Bonchev–Trinajstić information content (AvgIpc) is 2.75. The van der Waals surface area contributed by atoms with Gasteiger partial charge in [0.05, 0.1) is 30.9 Å². The van der Waals surface area contributed by atoms with Crippen molar-refractivity contribution >= 4 is 17.6 Å². The first-order valence-electron chi connectivity index (χ1n) is 9.94. The Hall–Kier alpha value is -2.97. The second-order valence-electron chi connectivity index (χ2n) is 7.21. The summed E-state index contributed by atoms with van der Waals surface area (Å²) in [6.07, 6.45) is 0.284. The van der Waals surface area contributed by atoms with E-state index in [9.17, 15) is 19.1 Å². The van der Waals surface area contributed by atoms with Gasteiger partial charge >= 0.3 is 6.03 Å². The first-order valence-corrected chi connectivity index (χ1v) is 9.94. The first kappa shape index (κ1) is 21.7. The summed E-state index contributed by atoms with van der Waals surface area (Å²) >= 11 is 0. The minimum atomic E-state index is -0.642. The Labute approximate surface area is 174 Å². The van der Waals surface area contributed by atoms with Crippen LogP contribution >= 0.6 is 0 Å². The number of carbonyl (C=O) groups is 2. The molecule has 0 unspecified atom stereocenters. The molecule has 0 radical (unpaired) electrons. The van der Waals surface area contributed by atoms with Gasteiger partial charge < -0.3 is 25.8 Å². The lowest BCUT2D eigenvalue weighted by molar-refractivity contribution is -0.130. The largest absolute Gasteiger partial charge is 0.394 e. The predicted molar refractivity (Wildman–Crippen MR) is 110 cm³/mol. The molecule has 3 rings (SSSR count). The Balaban J connectivity index is 1.45. The number of urea groups is 1. The van der Waals surface area contributed by atoms with Crippen molar-refractivity contribution in [2.24, 2.45) is 0 Å². The van der Waals surface area contributed by atoms with Gasteiger partial charge in [-0.25, -0.2) is 9.18 Å². The van der Waals surface area contributed by atoms with Crippen LogP contribution < -0.4 is 16.0 Å². The topological polar surface area (TPSA) is 99.7 Å². The van der Waals surface area contributed by atoms with Gasteiger partial charge in [0.2, 0.25) is 5.91 Å². The third-order valence-corrected chi connectivity index (χ3v) is 4.98. The van der Waals surface area contributed by atoms with Gasteiger partial charge in [0.1, 0.15) is 11.9 Å². The second kappa shape index (κ2) is 10.7. The van der Waals surface area contributed by atoms with Crippen LogP contribution in [0.2, 0.25) is 0 Å².